The van der Waals surface area contributed by atoms with Gasteiger partial charge in [0.25, 0.3) is 5.91 Å². The van der Waals surface area contributed by atoms with Gasteiger partial charge in [-0.3, -0.25) is 9.79 Å². The van der Waals surface area contributed by atoms with Crippen molar-refractivity contribution in [2.75, 3.05) is 23.4 Å². The van der Waals surface area contributed by atoms with E-state index in [-0.39, 0.29) is 28.7 Å². The summed E-state index contributed by atoms with van der Waals surface area (Å²) in [4.78, 5) is 16.9. The molecule has 1 amide bonds. The quantitative estimate of drug-likeness (QED) is 0.783. The third kappa shape index (κ3) is 4.56. The molecule has 8 heteroatoms. The first-order valence-electron chi connectivity index (χ1n) is 9.13. The van der Waals surface area contributed by atoms with Crippen molar-refractivity contribution in [3.05, 3.63) is 65.7 Å². The molecule has 2 aromatic carbocycles. The Morgan fingerprint density at radius 2 is 1.93 bits per heavy atom. The van der Waals surface area contributed by atoms with Crippen LogP contribution in [0.1, 0.15) is 15.9 Å². The van der Waals surface area contributed by atoms with E-state index in [1.807, 2.05) is 42.5 Å². The number of nitrogens with zero attached hydrogens (tertiary/aromatic N) is 1. The van der Waals surface area contributed by atoms with Crippen molar-refractivity contribution >= 4 is 38.4 Å². The van der Waals surface area contributed by atoms with Gasteiger partial charge in [-0.1, -0.05) is 48.2 Å². The number of hydrogen-bond donors (Lipinski definition) is 2. The molecule has 0 unspecified atom stereocenters. The number of hydrogen-bond acceptors (Lipinski definition) is 6. The lowest BCUT2D eigenvalue weighted by Gasteiger charge is -2.09. The van der Waals surface area contributed by atoms with Crippen LogP contribution >= 0.6 is 11.8 Å². The number of nitrogens with one attached hydrogen (secondary N) is 2. The van der Waals surface area contributed by atoms with Gasteiger partial charge in [0.2, 0.25) is 0 Å². The fourth-order valence-corrected chi connectivity index (χ4v) is 7.02. The van der Waals surface area contributed by atoms with Gasteiger partial charge in [0.15, 0.2) is 15.0 Å². The van der Waals surface area contributed by atoms with Crippen LogP contribution in [0.5, 0.6) is 0 Å². The summed E-state index contributed by atoms with van der Waals surface area (Å²) in [7, 11) is -2.96. The molecular weight excluding hydrogens is 394 g/mol. The lowest BCUT2D eigenvalue weighted by molar-refractivity contribution is 0.0954. The van der Waals surface area contributed by atoms with E-state index in [0.717, 1.165) is 12.1 Å². The SMILES string of the molecule is O=C(NCCc1ccccc1)c1cccc(NC2=N[C@@H]3CS(=O)(=O)C[C@@H]3S2)c1. The maximum absolute atomic E-state index is 12.4. The monoisotopic (exact) mass is 415 g/mol. The maximum Gasteiger partial charge on any atom is 0.251 e. The number of sulfone groups is 1. The molecule has 0 bridgehead atoms. The lowest BCUT2D eigenvalue weighted by atomic mass is 10.1. The lowest BCUT2D eigenvalue weighted by Crippen LogP contribution is -2.25. The summed E-state index contributed by atoms with van der Waals surface area (Å²) in [5.74, 6) is 0.184. The van der Waals surface area contributed by atoms with Crippen molar-refractivity contribution in [2.45, 2.75) is 17.7 Å². The predicted molar refractivity (Wildman–Crippen MR) is 114 cm³/mol. The highest BCUT2D eigenvalue weighted by Gasteiger charge is 2.42. The highest BCUT2D eigenvalue weighted by Crippen LogP contribution is 2.34. The van der Waals surface area contributed by atoms with Gasteiger partial charge < -0.3 is 10.6 Å². The van der Waals surface area contributed by atoms with E-state index in [4.69, 9.17) is 0 Å². The minimum absolute atomic E-state index is 0.00281. The number of rotatable bonds is 5. The van der Waals surface area contributed by atoms with Crippen LogP contribution in [0, 0.1) is 0 Å². The molecular formula is C20H21N3O3S2. The zero-order chi connectivity index (χ0) is 19.6. The Labute approximate surface area is 168 Å². The number of benzene rings is 2. The van der Waals surface area contributed by atoms with Crippen molar-refractivity contribution in [3.63, 3.8) is 0 Å². The molecule has 0 spiro atoms. The summed E-state index contributed by atoms with van der Waals surface area (Å²) in [6.45, 7) is 0.570. The molecule has 2 atom stereocenters. The van der Waals surface area contributed by atoms with Crippen molar-refractivity contribution in [1.29, 1.82) is 0 Å². The van der Waals surface area contributed by atoms with Gasteiger partial charge in [-0.05, 0) is 30.2 Å². The Hall–Kier alpha value is -2.32. The molecule has 1 fully saturated rings. The van der Waals surface area contributed by atoms with Crippen LogP contribution in [-0.4, -0.2) is 48.8 Å². The van der Waals surface area contributed by atoms with Gasteiger partial charge in [-0.15, -0.1) is 0 Å². The Kier molecular flexibility index (Phi) is 5.41. The fourth-order valence-electron chi connectivity index (χ4n) is 3.34. The first-order valence-corrected chi connectivity index (χ1v) is 11.8. The van der Waals surface area contributed by atoms with Crippen LogP contribution in [0.2, 0.25) is 0 Å². The first-order chi connectivity index (χ1) is 13.5. The average molecular weight is 416 g/mol. The Bertz CT molecular complexity index is 1010. The van der Waals surface area contributed by atoms with E-state index in [2.05, 4.69) is 15.6 Å². The number of amides is 1. The van der Waals surface area contributed by atoms with Crippen molar-refractivity contribution in [3.8, 4) is 0 Å². The molecule has 0 aromatic heterocycles. The molecule has 28 heavy (non-hydrogen) atoms. The molecule has 2 heterocycles. The Balaban J connectivity index is 1.34. The van der Waals surface area contributed by atoms with Crippen molar-refractivity contribution in [2.24, 2.45) is 4.99 Å². The van der Waals surface area contributed by atoms with E-state index < -0.39 is 9.84 Å². The molecule has 2 aliphatic rings. The molecule has 0 radical (unpaired) electrons. The molecule has 2 aliphatic heterocycles. The Morgan fingerprint density at radius 1 is 1.11 bits per heavy atom. The topological polar surface area (TPSA) is 87.6 Å². The van der Waals surface area contributed by atoms with Crippen LogP contribution in [0.25, 0.3) is 0 Å². The van der Waals surface area contributed by atoms with Gasteiger partial charge in [0, 0.05) is 23.0 Å². The summed E-state index contributed by atoms with van der Waals surface area (Å²) < 4.78 is 23.3. The van der Waals surface area contributed by atoms with Crippen molar-refractivity contribution < 1.29 is 13.2 Å². The van der Waals surface area contributed by atoms with E-state index in [9.17, 15) is 13.2 Å². The van der Waals surface area contributed by atoms with Crippen LogP contribution in [0.4, 0.5) is 5.69 Å². The summed E-state index contributed by atoms with van der Waals surface area (Å²) >= 11 is 1.46. The van der Waals surface area contributed by atoms with Gasteiger partial charge in [0.05, 0.1) is 17.5 Å². The zero-order valence-electron chi connectivity index (χ0n) is 15.2. The number of aliphatic imine (C=N–C) groups is 1. The van der Waals surface area contributed by atoms with Crippen LogP contribution < -0.4 is 10.6 Å². The minimum Gasteiger partial charge on any atom is -0.352 e. The van der Waals surface area contributed by atoms with E-state index in [1.165, 1.54) is 17.3 Å². The minimum atomic E-state index is -2.96. The average Bonchev–Trinajstić information content (AvgIpc) is 3.15. The maximum atomic E-state index is 12.4. The standard InChI is InChI=1S/C20H21N3O3S2/c24-19(21-10-9-14-5-2-1-3-6-14)15-7-4-8-16(11-15)22-20-23-17-12-28(25,26)13-18(17)27-20/h1-8,11,17-18H,9-10,12-13H2,(H,21,24)(H,22,23)/t17-,18+/m1/s1. The largest absolute Gasteiger partial charge is 0.352 e. The van der Waals surface area contributed by atoms with Gasteiger partial charge in [0.1, 0.15) is 0 Å². The molecule has 2 aromatic rings. The molecule has 1 saturated heterocycles. The van der Waals surface area contributed by atoms with Gasteiger partial charge in [-0.2, -0.15) is 0 Å². The number of carbonyl (C=O) groups is 1. The number of anilines is 1. The van der Waals surface area contributed by atoms with E-state index in [1.54, 1.807) is 12.1 Å². The molecule has 4 rings (SSSR count). The number of carbonyl (C=O) groups excluding carboxylic acids is 1. The second-order valence-corrected chi connectivity index (χ2v) is 10.3. The van der Waals surface area contributed by atoms with Gasteiger partial charge >= 0.3 is 0 Å². The van der Waals surface area contributed by atoms with Gasteiger partial charge in [-0.25, -0.2) is 8.42 Å². The highest BCUT2D eigenvalue weighted by atomic mass is 32.2. The highest BCUT2D eigenvalue weighted by molar-refractivity contribution is 8.15. The predicted octanol–water partition coefficient (Wildman–Crippen LogP) is 2.34. The van der Waals surface area contributed by atoms with Crippen LogP contribution in [0.3, 0.4) is 0 Å². The normalized spacial score (nSPS) is 22.4. The third-order valence-corrected chi connectivity index (χ3v) is 7.88. The van der Waals surface area contributed by atoms with Crippen LogP contribution in [0.15, 0.2) is 59.6 Å². The fraction of sp³-hybridized carbons (Fsp3) is 0.300. The van der Waals surface area contributed by atoms with E-state index >= 15 is 0 Å². The number of fused-ring (bicyclic) bond motifs is 1. The molecule has 0 saturated carbocycles. The van der Waals surface area contributed by atoms with Crippen molar-refractivity contribution in [1.82, 2.24) is 5.32 Å². The smallest absolute Gasteiger partial charge is 0.251 e. The summed E-state index contributed by atoms with van der Waals surface area (Å²) in [6, 6.07) is 17.1. The second kappa shape index (κ2) is 7.97. The number of thioether (sulfide) groups is 1. The second-order valence-electron chi connectivity index (χ2n) is 6.93. The van der Waals surface area contributed by atoms with Crippen LogP contribution in [-0.2, 0) is 16.3 Å². The summed E-state index contributed by atoms with van der Waals surface area (Å²) in [5, 5.41) is 6.86. The Morgan fingerprint density at radius 3 is 2.71 bits per heavy atom. The third-order valence-electron chi connectivity index (χ3n) is 4.74. The first kappa shape index (κ1) is 19.0. The summed E-state index contributed by atoms with van der Waals surface area (Å²) in [5.41, 5.74) is 2.52. The molecule has 0 aliphatic carbocycles. The zero-order valence-corrected chi connectivity index (χ0v) is 16.8. The number of amidine groups is 1. The molecule has 2 N–H and O–H groups in total. The van der Waals surface area contributed by atoms with E-state index in [0.29, 0.717) is 17.3 Å². The summed E-state index contributed by atoms with van der Waals surface area (Å²) in [6.07, 6.45) is 0.781. The molecule has 6 nitrogen and oxygen atoms in total. The molecule has 146 valence electrons.